The van der Waals surface area contributed by atoms with Gasteiger partial charge in [0.05, 0.1) is 12.2 Å². The minimum atomic E-state index is -1.07. The largest absolute Gasteiger partial charge is 0.477 e. The molecule has 2 amide bonds. The summed E-state index contributed by atoms with van der Waals surface area (Å²) in [6, 6.07) is 17.8. The van der Waals surface area contributed by atoms with Crippen LogP contribution in [0.25, 0.3) is 11.1 Å². The second-order valence-electron chi connectivity index (χ2n) is 8.98. The first kappa shape index (κ1) is 22.6. The van der Waals surface area contributed by atoms with Gasteiger partial charge in [-0.1, -0.05) is 48.5 Å². The first-order chi connectivity index (χ1) is 16.9. The summed E-state index contributed by atoms with van der Waals surface area (Å²) in [5.41, 5.74) is 5.20. The highest BCUT2D eigenvalue weighted by Crippen LogP contribution is 2.44. The highest BCUT2D eigenvalue weighted by molar-refractivity contribution is 5.86. The number of aryl methyl sites for hydroxylation is 1. The Morgan fingerprint density at radius 1 is 1.06 bits per heavy atom. The summed E-state index contributed by atoms with van der Waals surface area (Å²) < 4.78 is 6.81. The Morgan fingerprint density at radius 3 is 2.34 bits per heavy atom. The first-order valence-electron chi connectivity index (χ1n) is 11.5. The number of alkyl carbamates (subject to hydrolysis) is 1. The normalized spacial score (nSPS) is 17.9. The minimum Gasteiger partial charge on any atom is -0.477 e. The number of rotatable bonds is 8. The van der Waals surface area contributed by atoms with Gasteiger partial charge in [0.1, 0.15) is 12.3 Å². The van der Waals surface area contributed by atoms with Crippen molar-refractivity contribution in [1.82, 2.24) is 20.4 Å². The number of ether oxygens (including phenoxy) is 1. The number of fused-ring (bicyclic) bond motifs is 3. The summed E-state index contributed by atoms with van der Waals surface area (Å²) in [6.45, 7) is 0.765. The minimum absolute atomic E-state index is 0.000778. The second-order valence-corrected chi connectivity index (χ2v) is 8.98. The van der Waals surface area contributed by atoms with E-state index in [1.54, 1.807) is 7.05 Å². The van der Waals surface area contributed by atoms with Crippen molar-refractivity contribution in [2.24, 2.45) is 18.9 Å². The third-order valence-electron chi connectivity index (χ3n) is 6.70. The van der Waals surface area contributed by atoms with Gasteiger partial charge >= 0.3 is 12.1 Å². The molecule has 180 valence electrons. The molecule has 0 aliphatic heterocycles. The molecule has 1 fully saturated rings. The number of carboxylic acid groups (broad SMARTS) is 1. The van der Waals surface area contributed by atoms with Crippen LogP contribution in [0.3, 0.4) is 0 Å². The van der Waals surface area contributed by atoms with Crippen molar-refractivity contribution in [1.29, 1.82) is 0 Å². The number of carboxylic acids is 1. The van der Waals surface area contributed by atoms with Gasteiger partial charge in [-0.3, -0.25) is 9.48 Å². The lowest BCUT2D eigenvalue weighted by Gasteiger charge is -2.14. The van der Waals surface area contributed by atoms with E-state index in [2.05, 4.69) is 40.0 Å². The Bertz CT molecular complexity index is 1250. The van der Waals surface area contributed by atoms with E-state index in [0.29, 0.717) is 18.7 Å². The van der Waals surface area contributed by atoms with Crippen LogP contribution in [0.15, 0.2) is 54.6 Å². The molecule has 1 aromatic heterocycles. The zero-order valence-corrected chi connectivity index (χ0v) is 19.2. The van der Waals surface area contributed by atoms with Gasteiger partial charge in [0.2, 0.25) is 5.91 Å². The van der Waals surface area contributed by atoms with Crippen molar-refractivity contribution < 1.29 is 24.2 Å². The summed E-state index contributed by atoms with van der Waals surface area (Å²) in [4.78, 5) is 35.8. The first-order valence-corrected chi connectivity index (χ1v) is 11.5. The van der Waals surface area contributed by atoms with E-state index in [1.165, 1.54) is 21.9 Å². The van der Waals surface area contributed by atoms with Gasteiger partial charge in [-0.25, -0.2) is 9.59 Å². The SMILES string of the molecule is Cn1nc(CNC(=O)[C@H]2C[C@H]2CNC(=O)OCC2c3ccccc3-c3ccccc32)cc1C(=O)O. The van der Waals surface area contributed by atoms with E-state index in [1.807, 2.05) is 24.3 Å². The summed E-state index contributed by atoms with van der Waals surface area (Å²) in [5, 5.41) is 18.7. The molecule has 3 N–H and O–H groups in total. The van der Waals surface area contributed by atoms with Crippen LogP contribution in [0.4, 0.5) is 4.79 Å². The molecule has 2 aromatic carbocycles. The number of benzene rings is 2. The number of nitrogens with one attached hydrogen (secondary N) is 2. The van der Waals surface area contributed by atoms with Crippen LogP contribution in [0.1, 0.15) is 39.6 Å². The molecule has 1 heterocycles. The van der Waals surface area contributed by atoms with Crippen LogP contribution in [0, 0.1) is 11.8 Å². The predicted molar refractivity (Wildman–Crippen MR) is 127 cm³/mol. The molecule has 0 saturated heterocycles. The van der Waals surface area contributed by atoms with Gasteiger partial charge in [-0.15, -0.1) is 0 Å². The fourth-order valence-electron chi connectivity index (χ4n) is 4.78. The van der Waals surface area contributed by atoms with Crippen LogP contribution < -0.4 is 10.6 Å². The Morgan fingerprint density at radius 2 is 1.71 bits per heavy atom. The maximum absolute atomic E-state index is 12.4. The van der Waals surface area contributed by atoms with Gasteiger partial charge in [0.15, 0.2) is 0 Å². The highest BCUT2D eigenvalue weighted by atomic mass is 16.5. The number of carbonyl (C=O) groups excluding carboxylic acids is 2. The van der Waals surface area contributed by atoms with Gasteiger partial charge in [0, 0.05) is 25.4 Å². The number of nitrogens with zero attached hydrogens (tertiary/aromatic N) is 2. The van der Waals surface area contributed by atoms with Crippen molar-refractivity contribution in [3.8, 4) is 11.1 Å². The number of aromatic carboxylic acids is 1. The summed E-state index contributed by atoms with van der Waals surface area (Å²) in [5.74, 6) is -1.34. The third-order valence-corrected chi connectivity index (χ3v) is 6.70. The molecule has 0 unspecified atom stereocenters. The molecular weight excluding hydrogens is 448 g/mol. The molecule has 0 spiro atoms. The highest BCUT2D eigenvalue weighted by Gasteiger charge is 2.43. The van der Waals surface area contributed by atoms with Crippen LogP contribution in [0.2, 0.25) is 0 Å². The third kappa shape index (κ3) is 4.62. The molecule has 2 aliphatic carbocycles. The average molecular weight is 475 g/mol. The van der Waals surface area contributed by atoms with Crippen LogP contribution >= 0.6 is 0 Å². The quantitative estimate of drug-likeness (QED) is 0.461. The van der Waals surface area contributed by atoms with E-state index >= 15 is 0 Å². The van der Waals surface area contributed by atoms with Crippen molar-refractivity contribution in [3.05, 3.63) is 77.1 Å². The zero-order valence-electron chi connectivity index (χ0n) is 19.2. The van der Waals surface area contributed by atoms with E-state index in [-0.39, 0.29) is 42.5 Å². The topological polar surface area (TPSA) is 123 Å². The molecule has 0 radical (unpaired) electrons. The number of amides is 2. The van der Waals surface area contributed by atoms with Gasteiger partial charge < -0.3 is 20.5 Å². The average Bonchev–Trinajstić information content (AvgIpc) is 3.44. The predicted octanol–water partition coefficient (Wildman–Crippen LogP) is 2.91. The zero-order chi connectivity index (χ0) is 24.5. The summed E-state index contributed by atoms with van der Waals surface area (Å²) >= 11 is 0. The molecule has 2 atom stereocenters. The van der Waals surface area contributed by atoms with Crippen molar-refractivity contribution in [2.45, 2.75) is 18.9 Å². The van der Waals surface area contributed by atoms with E-state index in [9.17, 15) is 14.4 Å². The molecular formula is C26H26N4O5. The second kappa shape index (κ2) is 9.25. The Kier molecular flexibility index (Phi) is 5.98. The van der Waals surface area contributed by atoms with E-state index in [0.717, 1.165) is 11.1 Å². The lowest BCUT2D eigenvalue weighted by Crippen LogP contribution is -2.30. The Balaban J connectivity index is 1.07. The number of aromatic nitrogens is 2. The molecule has 0 bridgehead atoms. The number of hydrogen-bond donors (Lipinski definition) is 3. The smallest absolute Gasteiger partial charge is 0.407 e. The number of carbonyl (C=O) groups is 3. The molecule has 9 nitrogen and oxygen atoms in total. The fraction of sp³-hybridized carbons (Fsp3) is 0.308. The van der Waals surface area contributed by atoms with Crippen LogP contribution in [-0.2, 0) is 23.1 Å². The maximum atomic E-state index is 12.4. The van der Waals surface area contributed by atoms with Crippen molar-refractivity contribution in [3.63, 3.8) is 0 Å². The standard InChI is InChI=1S/C26H26N4O5/c1-30-23(25(32)33)11-16(29-30)13-27-24(31)21-10-15(21)12-28-26(34)35-14-22-19-8-4-2-6-17(19)18-7-3-5-9-20(18)22/h2-9,11,15,21-22H,10,12-14H2,1H3,(H,27,31)(H,28,34)(H,32,33)/t15-,21-/m0/s1. The maximum Gasteiger partial charge on any atom is 0.407 e. The lowest BCUT2D eigenvalue weighted by molar-refractivity contribution is -0.122. The van der Waals surface area contributed by atoms with Crippen LogP contribution in [-0.4, -0.2) is 46.0 Å². The molecule has 2 aliphatic rings. The molecule has 9 heteroatoms. The van der Waals surface area contributed by atoms with Gasteiger partial charge in [0.25, 0.3) is 0 Å². The van der Waals surface area contributed by atoms with Gasteiger partial charge in [-0.05, 0) is 40.7 Å². The number of hydrogen-bond acceptors (Lipinski definition) is 5. The Labute approximate surface area is 202 Å². The van der Waals surface area contributed by atoms with Gasteiger partial charge in [-0.2, -0.15) is 5.10 Å². The van der Waals surface area contributed by atoms with Crippen LogP contribution in [0.5, 0.6) is 0 Å². The van der Waals surface area contributed by atoms with E-state index < -0.39 is 12.1 Å². The van der Waals surface area contributed by atoms with Crippen molar-refractivity contribution in [2.75, 3.05) is 13.2 Å². The van der Waals surface area contributed by atoms with Crippen molar-refractivity contribution >= 4 is 18.0 Å². The molecule has 35 heavy (non-hydrogen) atoms. The fourth-order valence-corrected chi connectivity index (χ4v) is 4.78. The summed E-state index contributed by atoms with van der Waals surface area (Å²) in [7, 11) is 1.54. The monoisotopic (exact) mass is 474 g/mol. The molecule has 1 saturated carbocycles. The summed E-state index contributed by atoms with van der Waals surface area (Å²) in [6.07, 6.45) is 0.186. The lowest BCUT2D eigenvalue weighted by atomic mass is 9.98. The van der Waals surface area contributed by atoms with E-state index in [4.69, 9.17) is 9.84 Å². The Hall–Kier alpha value is -4.14. The molecule has 3 aromatic rings. The molecule has 5 rings (SSSR count).